The topological polar surface area (TPSA) is 89.4 Å². The van der Waals surface area contributed by atoms with Crippen LogP contribution in [0.25, 0.3) is 0 Å². The molecule has 0 aliphatic rings. The average Bonchev–Trinajstić information content (AvgIpc) is 2.65. The van der Waals surface area contributed by atoms with Gasteiger partial charge in [0.1, 0.15) is 5.75 Å². The molecule has 0 heterocycles. The van der Waals surface area contributed by atoms with Crippen molar-refractivity contribution in [1.29, 1.82) is 0 Å². The van der Waals surface area contributed by atoms with Gasteiger partial charge in [-0.25, -0.2) is 4.79 Å². The summed E-state index contributed by atoms with van der Waals surface area (Å²) in [7, 11) is 1.63. The Morgan fingerprint density at radius 1 is 1.26 bits per heavy atom. The number of hydrogen-bond acceptors (Lipinski definition) is 6. The molecule has 7 nitrogen and oxygen atoms in total. The van der Waals surface area contributed by atoms with Crippen molar-refractivity contribution in [3.05, 3.63) is 51.1 Å². The van der Waals surface area contributed by atoms with Crippen LogP contribution in [-0.2, 0) is 11.3 Å². The van der Waals surface area contributed by atoms with Crippen molar-refractivity contribution in [1.82, 2.24) is 5.43 Å². The summed E-state index contributed by atoms with van der Waals surface area (Å²) in [6.07, 6.45) is 1.67. The van der Waals surface area contributed by atoms with E-state index in [9.17, 15) is 4.79 Å². The highest BCUT2D eigenvalue weighted by molar-refractivity contribution is 14.1. The number of para-hydroxylation sites is 1. The molecule has 0 aliphatic heterocycles. The summed E-state index contributed by atoms with van der Waals surface area (Å²) >= 11 is 2.08. The van der Waals surface area contributed by atoms with Crippen LogP contribution in [0.1, 0.15) is 18.1 Å². The molecule has 0 saturated heterocycles. The molecule has 2 aromatic carbocycles. The molecular formula is C19H21IN2O5. The quantitative estimate of drug-likeness (QED) is 0.306. The van der Waals surface area contributed by atoms with Crippen LogP contribution in [-0.4, -0.2) is 37.6 Å². The van der Waals surface area contributed by atoms with Crippen LogP contribution in [0.5, 0.6) is 17.2 Å². The number of rotatable bonds is 10. The molecule has 8 heteroatoms. The first-order valence-electron chi connectivity index (χ1n) is 8.23. The second-order valence-electron chi connectivity index (χ2n) is 5.35. The van der Waals surface area contributed by atoms with Gasteiger partial charge in [0.2, 0.25) is 0 Å². The lowest BCUT2D eigenvalue weighted by Crippen LogP contribution is -2.11. The fourth-order valence-corrected chi connectivity index (χ4v) is 3.08. The van der Waals surface area contributed by atoms with E-state index in [1.807, 2.05) is 37.3 Å². The normalized spacial score (nSPS) is 10.6. The average molecular weight is 484 g/mol. The van der Waals surface area contributed by atoms with Crippen molar-refractivity contribution in [3.63, 3.8) is 0 Å². The molecule has 0 aliphatic carbocycles. The van der Waals surface area contributed by atoms with Crippen LogP contribution in [0.3, 0.4) is 0 Å². The van der Waals surface area contributed by atoms with Gasteiger partial charge >= 0.3 is 5.97 Å². The third-order valence-electron chi connectivity index (χ3n) is 3.44. The predicted octanol–water partition coefficient (Wildman–Crippen LogP) is 3.29. The van der Waals surface area contributed by atoms with Gasteiger partial charge in [0.25, 0.3) is 0 Å². The smallest absolute Gasteiger partial charge is 0.341 e. The first-order valence-corrected chi connectivity index (χ1v) is 9.31. The molecule has 0 fully saturated rings. The highest BCUT2D eigenvalue weighted by Gasteiger charge is 2.13. The van der Waals surface area contributed by atoms with Crippen LogP contribution < -0.4 is 19.6 Å². The van der Waals surface area contributed by atoms with Gasteiger partial charge in [0.05, 0.1) is 30.0 Å². The van der Waals surface area contributed by atoms with Crippen molar-refractivity contribution in [2.75, 3.05) is 20.3 Å². The Kier molecular flexibility index (Phi) is 8.18. The van der Waals surface area contributed by atoms with E-state index in [0.29, 0.717) is 24.7 Å². The van der Waals surface area contributed by atoms with Crippen LogP contribution >= 0.6 is 22.6 Å². The first kappa shape index (κ1) is 20.8. The molecule has 2 rings (SSSR count). The molecule has 0 spiro atoms. The Hall–Kier alpha value is -2.49. The van der Waals surface area contributed by atoms with E-state index >= 15 is 0 Å². The van der Waals surface area contributed by atoms with Crippen LogP contribution in [0.2, 0.25) is 0 Å². The Morgan fingerprint density at radius 3 is 2.74 bits per heavy atom. The number of methoxy groups -OCH3 is 1. The molecule has 0 saturated carbocycles. The molecule has 0 bridgehead atoms. The van der Waals surface area contributed by atoms with Gasteiger partial charge in [-0.05, 0) is 53.3 Å². The minimum absolute atomic E-state index is 0.416. The summed E-state index contributed by atoms with van der Waals surface area (Å²) in [4.78, 5) is 10.8. The van der Waals surface area contributed by atoms with E-state index in [0.717, 1.165) is 20.4 Å². The van der Waals surface area contributed by atoms with Gasteiger partial charge in [-0.2, -0.15) is 5.10 Å². The maximum absolute atomic E-state index is 10.8. The van der Waals surface area contributed by atoms with Gasteiger partial charge in [-0.15, -0.1) is 0 Å². The summed E-state index contributed by atoms with van der Waals surface area (Å²) in [6, 6.07) is 11.3. The summed E-state index contributed by atoms with van der Waals surface area (Å²) in [5.74, 6) is 0.656. The lowest BCUT2D eigenvalue weighted by molar-refractivity contribution is -0.139. The number of ether oxygens (including phenoxy) is 3. The molecule has 144 valence electrons. The molecule has 2 aromatic rings. The van der Waals surface area contributed by atoms with Crippen LogP contribution in [0.4, 0.5) is 0 Å². The van der Waals surface area contributed by atoms with E-state index in [2.05, 4.69) is 33.1 Å². The zero-order valence-corrected chi connectivity index (χ0v) is 17.2. The fourth-order valence-electron chi connectivity index (χ4n) is 2.30. The minimum atomic E-state index is -1.04. The standard InChI is InChI=1S/C19H21IN2O5/c1-3-26-17-9-13(8-15(20)19(17)27-12-18(23)24)10-21-22-11-14-6-4-5-7-16(14)25-2/h4-10,22H,3,11-12H2,1-2H3,(H,23,24)/b21-10-. The van der Waals surface area contributed by atoms with E-state index in [1.54, 1.807) is 19.4 Å². The lowest BCUT2D eigenvalue weighted by atomic mass is 10.2. The SMILES string of the molecule is CCOc1cc(/C=N\NCc2ccccc2OC)cc(I)c1OCC(=O)O. The largest absolute Gasteiger partial charge is 0.496 e. The Balaban J connectivity index is 2.08. The van der Waals surface area contributed by atoms with Crippen LogP contribution in [0.15, 0.2) is 41.5 Å². The number of carboxylic acid groups (broad SMARTS) is 1. The molecule has 2 N–H and O–H groups in total. The van der Waals surface area contributed by atoms with Crippen molar-refractivity contribution < 1.29 is 24.1 Å². The molecule has 0 atom stereocenters. The molecule has 0 aromatic heterocycles. The molecule has 0 amide bonds. The fraction of sp³-hybridized carbons (Fsp3) is 0.263. The van der Waals surface area contributed by atoms with E-state index < -0.39 is 12.6 Å². The van der Waals surface area contributed by atoms with Crippen molar-refractivity contribution in [3.8, 4) is 17.2 Å². The first-order chi connectivity index (χ1) is 13.0. The predicted molar refractivity (Wildman–Crippen MR) is 111 cm³/mol. The minimum Gasteiger partial charge on any atom is -0.496 e. The third-order valence-corrected chi connectivity index (χ3v) is 4.24. The summed E-state index contributed by atoms with van der Waals surface area (Å²) < 4.78 is 17.0. The molecule has 0 radical (unpaired) electrons. The Bertz CT molecular complexity index is 811. The molecule has 27 heavy (non-hydrogen) atoms. The second-order valence-corrected chi connectivity index (χ2v) is 6.51. The Labute approximate surface area is 171 Å². The Morgan fingerprint density at radius 2 is 2.04 bits per heavy atom. The van der Waals surface area contributed by atoms with Crippen molar-refractivity contribution in [2.24, 2.45) is 5.10 Å². The molecular weight excluding hydrogens is 463 g/mol. The highest BCUT2D eigenvalue weighted by atomic mass is 127. The zero-order chi connectivity index (χ0) is 19.6. The van der Waals surface area contributed by atoms with Crippen molar-refractivity contribution >= 4 is 34.8 Å². The summed E-state index contributed by atoms with van der Waals surface area (Å²) in [5.41, 5.74) is 4.79. The van der Waals surface area contributed by atoms with Gasteiger partial charge in [0.15, 0.2) is 18.1 Å². The molecule has 0 unspecified atom stereocenters. The van der Waals surface area contributed by atoms with E-state index in [-0.39, 0.29) is 0 Å². The summed E-state index contributed by atoms with van der Waals surface area (Å²) in [6.45, 7) is 2.38. The van der Waals surface area contributed by atoms with E-state index in [4.69, 9.17) is 19.3 Å². The number of aliphatic carboxylic acids is 1. The third kappa shape index (κ3) is 6.31. The maximum Gasteiger partial charge on any atom is 0.341 e. The van der Waals surface area contributed by atoms with E-state index in [1.165, 1.54) is 0 Å². The lowest BCUT2D eigenvalue weighted by Gasteiger charge is -2.13. The second kappa shape index (κ2) is 10.6. The highest BCUT2D eigenvalue weighted by Crippen LogP contribution is 2.33. The number of nitrogens with one attached hydrogen (secondary N) is 1. The number of carbonyl (C=O) groups is 1. The zero-order valence-electron chi connectivity index (χ0n) is 15.1. The number of hydrazone groups is 1. The number of hydrogen-bond donors (Lipinski definition) is 2. The summed E-state index contributed by atoms with van der Waals surface area (Å²) in [5, 5.41) is 13.0. The maximum atomic E-state index is 10.8. The van der Waals surface area contributed by atoms with Gasteiger partial charge in [-0.3, -0.25) is 0 Å². The number of halogens is 1. The van der Waals surface area contributed by atoms with Gasteiger partial charge in [-0.1, -0.05) is 18.2 Å². The van der Waals surface area contributed by atoms with Gasteiger partial charge < -0.3 is 24.7 Å². The number of benzene rings is 2. The number of carboxylic acids is 1. The number of nitrogens with zero attached hydrogens (tertiary/aromatic N) is 1. The monoisotopic (exact) mass is 484 g/mol. The van der Waals surface area contributed by atoms with Gasteiger partial charge in [0, 0.05) is 5.56 Å². The van der Waals surface area contributed by atoms with Crippen LogP contribution in [0, 0.1) is 3.57 Å². The van der Waals surface area contributed by atoms with Crippen molar-refractivity contribution in [2.45, 2.75) is 13.5 Å².